The number of hydrogen-bond acceptors (Lipinski definition) is 15. The predicted molar refractivity (Wildman–Crippen MR) is 305 cm³/mol. The molecular formula is C56H73BrClN9O15. The van der Waals surface area contributed by atoms with Crippen LogP contribution in [0.4, 0.5) is 31.4 Å². The first-order valence-corrected chi connectivity index (χ1v) is 28.1. The van der Waals surface area contributed by atoms with E-state index in [-0.39, 0.29) is 67.0 Å². The maximum atomic E-state index is 14.4. The molecule has 82 heavy (non-hydrogen) atoms. The first kappa shape index (κ1) is 64.1. The third-order valence-corrected chi connectivity index (χ3v) is 15.8. The largest absolute Gasteiger partial charge is 0.495 e. The summed E-state index contributed by atoms with van der Waals surface area (Å²) < 4.78 is 29.7. The van der Waals surface area contributed by atoms with E-state index in [1.54, 1.807) is 52.0 Å². The molecule has 9 atom stereocenters. The molecule has 2 aromatic rings. The minimum absolute atomic E-state index is 0.0427. The second kappa shape index (κ2) is 28.3. The van der Waals surface area contributed by atoms with Gasteiger partial charge in [0.05, 0.1) is 31.0 Å². The van der Waals surface area contributed by atoms with Crippen molar-refractivity contribution in [1.82, 2.24) is 26.2 Å². The Hall–Kier alpha value is -7.06. The number of methoxy groups -OCH3 is 2. The molecule has 0 aromatic heterocycles. The fourth-order valence-corrected chi connectivity index (χ4v) is 10.8. The molecule has 446 valence electrons. The lowest BCUT2D eigenvalue weighted by Crippen LogP contribution is -2.63. The Kier molecular flexibility index (Phi) is 22.1. The number of anilines is 3. The summed E-state index contributed by atoms with van der Waals surface area (Å²) in [5, 5.41) is 28.0. The Balaban J connectivity index is 1.16. The molecule has 0 aliphatic carbocycles. The standard InChI is InChI=1S/C56H73BrClN9O15/c1-30(2)48(64-43(68)17-10-9-11-23-67-44(69)20-21-45(67)70)51(73)63-37(15-13-22-60-52(59)74)50(72)62-36-19-18-34(27-35(36)57)61-53(75)81-42-28-46(71)66(6)38-25-33(26-39(78-7)47(38)58)24-31(3)14-12-16-41(79-8)56(77)29-40(80-54(76)65-56)32(4)49-55(42,5)82-49/h12,14,16,18-21,25-27,30,32,37,40-42,48-49,77H,9-11,13,15,17,22-24,28-29H2,1-8H3,(H,61,75)(H,62,72)(H,63,73)(H,64,68)(H,65,76)(H3,59,60,74)/b16-12+,31-14+/t32-,37+,40+,41-,42+,48+,49+,55+,56+/m1/s1. The van der Waals surface area contributed by atoms with Crippen LogP contribution in [0.15, 0.2) is 70.8 Å². The lowest BCUT2D eigenvalue weighted by Gasteiger charge is -2.42. The molecule has 10 amide bonds. The molecule has 0 unspecified atom stereocenters. The number of rotatable bonds is 20. The zero-order valence-corrected chi connectivity index (χ0v) is 49.4. The topological polar surface area (TPSA) is 328 Å². The molecule has 26 heteroatoms. The van der Waals surface area contributed by atoms with E-state index in [9.17, 15) is 48.3 Å². The summed E-state index contributed by atoms with van der Waals surface area (Å²) in [6.07, 6.45) is 3.39. The number of ether oxygens (including phenoxy) is 5. The number of nitrogens with two attached hydrogens (primary N) is 1. The van der Waals surface area contributed by atoms with Gasteiger partial charge in [0, 0.05) is 68.3 Å². The number of aliphatic hydroxyl groups is 1. The van der Waals surface area contributed by atoms with E-state index < -0.39 is 108 Å². The lowest BCUT2D eigenvalue weighted by atomic mass is 9.83. The molecular weight excluding hydrogens is 1150 g/mol. The number of allylic oxidation sites excluding steroid dienone is 3. The molecule has 6 rings (SSSR count). The number of alkyl carbamates (subject to hydrolysis) is 1. The lowest BCUT2D eigenvalue weighted by molar-refractivity contribution is -0.142. The number of hydrogen-bond donors (Lipinski definition) is 8. The summed E-state index contributed by atoms with van der Waals surface area (Å²) in [6, 6.07) is 4.96. The Morgan fingerprint density at radius 3 is 2.37 bits per heavy atom. The van der Waals surface area contributed by atoms with Crippen LogP contribution in [0.2, 0.25) is 5.02 Å². The highest BCUT2D eigenvalue weighted by molar-refractivity contribution is 9.10. The number of nitrogens with one attached hydrogen (secondary N) is 6. The quantitative estimate of drug-likeness (QED) is 0.0452. The van der Waals surface area contributed by atoms with Crippen LogP contribution in [0.1, 0.15) is 91.5 Å². The van der Waals surface area contributed by atoms with E-state index in [1.165, 1.54) is 56.5 Å². The SMILES string of the molecule is COc1cc2cc(c1Cl)N(C)C(=O)C[C@H](OC(=O)Nc1ccc(NC(=O)[C@H](CCCNC(N)=O)NC(=O)[C@@H](NC(=O)CCCCCN3C(=O)C=CC3=O)C(C)C)c(Br)c1)[C@]1(C)O[C@H]1[C@H](C)[C@@H]1C[C@@](O)(NC(=O)O1)[C@H](OC)/C=C/C=C(\C)C2. The minimum atomic E-state index is -1.90. The fourth-order valence-electron chi connectivity index (χ4n) is 10.0. The fraction of sp³-hybridized carbons (Fsp3) is 0.518. The highest BCUT2D eigenvalue weighted by Gasteiger charge is 2.64. The molecule has 2 aromatic carbocycles. The third-order valence-electron chi connectivity index (χ3n) is 14.7. The molecule has 0 spiro atoms. The van der Waals surface area contributed by atoms with Crippen LogP contribution >= 0.6 is 27.5 Å². The van der Waals surface area contributed by atoms with Gasteiger partial charge in [-0.3, -0.25) is 44.3 Å². The summed E-state index contributed by atoms with van der Waals surface area (Å²) in [5.41, 5.74) is 4.38. The van der Waals surface area contributed by atoms with Crippen molar-refractivity contribution in [2.75, 3.05) is 49.9 Å². The molecule has 0 radical (unpaired) electrons. The van der Waals surface area contributed by atoms with Crippen molar-refractivity contribution in [1.29, 1.82) is 0 Å². The van der Waals surface area contributed by atoms with Crippen LogP contribution in [0.25, 0.3) is 0 Å². The number of epoxide rings is 1. The number of unbranched alkanes of at least 4 members (excludes halogenated alkanes) is 2. The van der Waals surface area contributed by atoms with Gasteiger partial charge < -0.3 is 60.7 Å². The molecule has 9 N–H and O–H groups in total. The second-order valence-electron chi connectivity index (χ2n) is 21.3. The zero-order valence-electron chi connectivity index (χ0n) is 47.1. The smallest absolute Gasteiger partial charge is 0.412 e. The van der Waals surface area contributed by atoms with Crippen molar-refractivity contribution in [2.45, 2.75) is 140 Å². The van der Waals surface area contributed by atoms with E-state index in [0.29, 0.717) is 41.6 Å². The van der Waals surface area contributed by atoms with Crippen molar-refractivity contribution in [2.24, 2.45) is 17.6 Å². The van der Waals surface area contributed by atoms with Crippen molar-refractivity contribution in [3.05, 3.63) is 81.3 Å². The van der Waals surface area contributed by atoms with Gasteiger partial charge in [-0.25, -0.2) is 14.4 Å². The van der Waals surface area contributed by atoms with Gasteiger partial charge in [0.2, 0.25) is 23.6 Å². The average Bonchev–Trinajstić information content (AvgIpc) is 2.70. The Morgan fingerprint density at radius 2 is 1.71 bits per heavy atom. The minimum Gasteiger partial charge on any atom is -0.495 e. The molecule has 2 fully saturated rings. The van der Waals surface area contributed by atoms with Gasteiger partial charge in [-0.05, 0) is 104 Å². The van der Waals surface area contributed by atoms with Crippen molar-refractivity contribution in [3.8, 4) is 5.75 Å². The van der Waals surface area contributed by atoms with Crippen LogP contribution in [-0.2, 0) is 54.1 Å². The Labute approximate surface area is 489 Å². The number of fused-ring (bicyclic) bond motifs is 5. The van der Waals surface area contributed by atoms with Crippen LogP contribution in [-0.4, -0.2) is 146 Å². The van der Waals surface area contributed by atoms with E-state index >= 15 is 0 Å². The van der Waals surface area contributed by atoms with Gasteiger partial charge in [-0.15, -0.1) is 0 Å². The van der Waals surface area contributed by atoms with Crippen molar-refractivity contribution in [3.63, 3.8) is 0 Å². The van der Waals surface area contributed by atoms with E-state index in [2.05, 4.69) is 47.8 Å². The first-order chi connectivity index (χ1) is 38.8. The van der Waals surface area contributed by atoms with Gasteiger partial charge >= 0.3 is 18.2 Å². The van der Waals surface area contributed by atoms with Gasteiger partial charge in [0.15, 0.2) is 5.72 Å². The molecule has 4 aliphatic rings. The van der Waals surface area contributed by atoms with Crippen molar-refractivity contribution < 1.29 is 71.9 Å². The third kappa shape index (κ3) is 16.6. The average molecular weight is 1230 g/mol. The number of carbonyl (C=O) groups is 9. The predicted octanol–water partition coefficient (Wildman–Crippen LogP) is 5.63. The number of halogens is 2. The molecule has 4 bridgehead atoms. The number of nitrogens with zero attached hydrogens (tertiary/aromatic N) is 2. The van der Waals surface area contributed by atoms with Gasteiger partial charge in [0.1, 0.15) is 46.8 Å². The first-order valence-electron chi connectivity index (χ1n) is 26.9. The number of primary amides is 1. The monoisotopic (exact) mass is 1230 g/mol. The molecule has 0 saturated carbocycles. The van der Waals surface area contributed by atoms with E-state index in [1.807, 2.05) is 13.0 Å². The summed E-state index contributed by atoms with van der Waals surface area (Å²) in [4.78, 5) is 120. The Bertz CT molecular complexity index is 2850. The van der Waals surface area contributed by atoms with Gasteiger partial charge in [-0.2, -0.15) is 0 Å². The summed E-state index contributed by atoms with van der Waals surface area (Å²) in [5.74, 6) is -3.67. The van der Waals surface area contributed by atoms with Gasteiger partial charge in [0.25, 0.3) is 11.8 Å². The number of urea groups is 1. The number of carbonyl (C=O) groups excluding carboxylic acids is 9. The molecule has 4 aliphatic heterocycles. The normalized spacial score (nSPS) is 25.3. The van der Waals surface area contributed by atoms with Crippen LogP contribution in [0, 0.1) is 11.8 Å². The van der Waals surface area contributed by atoms with Gasteiger partial charge in [-0.1, -0.05) is 62.6 Å². The van der Waals surface area contributed by atoms with Crippen LogP contribution < -0.4 is 47.3 Å². The molecule has 2 saturated heterocycles. The highest BCUT2D eigenvalue weighted by atomic mass is 79.9. The van der Waals surface area contributed by atoms with E-state index in [0.717, 1.165) is 16.0 Å². The van der Waals surface area contributed by atoms with Crippen LogP contribution in [0.5, 0.6) is 5.75 Å². The zero-order chi connectivity index (χ0) is 60.2. The van der Waals surface area contributed by atoms with Crippen LogP contribution in [0.3, 0.4) is 0 Å². The highest BCUT2D eigenvalue weighted by Crippen LogP contribution is 2.49. The molecule has 4 heterocycles. The summed E-state index contributed by atoms with van der Waals surface area (Å²) in [6.45, 7) is 9.09. The second-order valence-corrected chi connectivity index (χ2v) is 22.5. The molecule has 24 nitrogen and oxygen atoms in total. The Morgan fingerprint density at radius 1 is 0.988 bits per heavy atom. The maximum Gasteiger partial charge on any atom is 0.412 e. The number of imide groups is 1. The van der Waals surface area contributed by atoms with E-state index in [4.69, 9.17) is 41.0 Å². The summed E-state index contributed by atoms with van der Waals surface area (Å²) in [7, 11) is 4.39. The maximum absolute atomic E-state index is 14.4. The number of amides is 10. The number of benzene rings is 2. The van der Waals surface area contributed by atoms with Crippen molar-refractivity contribution >= 4 is 98.3 Å². The summed E-state index contributed by atoms with van der Waals surface area (Å²) >= 11 is 10.3.